The predicted molar refractivity (Wildman–Crippen MR) is 81.4 cm³/mol. The van der Waals surface area contributed by atoms with E-state index in [1.165, 1.54) is 0 Å². The Morgan fingerprint density at radius 2 is 1.84 bits per heavy atom. The smallest absolute Gasteiger partial charge is 0.195 e. The van der Waals surface area contributed by atoms with Gasteiger partial charge in [0.1, 0.15) is 0 Å². The molecule has 1 heterocycles. The van der Waals surface area contributed by atoms with Gasteiger partial charge >= 0.3 is 0 Å². The summed E-state index contributed by atoms with van der Waals surface area (Å²) in [5.41, 5.74) is 2.23. The minimum Gasteiger partial charge on any atom is -0.289 e. The summed E-state index contributed by atoms with van der Waals surface area (Å²) in [7, 11) is 0. The Hall–Kier alpha value is -1.64. The molecule has 0 amide bonds. The van der Waals surface area contributed by atoms with Gasteiger partial charge in [-0.15, -0.1) is 11.3 Å². The van der Waals surface area contributed by atoms with Crippen LogP contribution in [0.5, 0.6) is 0 Å². The first-order chi connectivity index (χ1) is 9.18. The Morgan fingerprint density at radius 1 is 1.05 bits per heavy atom. The third-order valence-corrected chi connectivity index (χ3v) is 4.63. The first-order valence-electron chi connectivity index (χ1n) is 5.94. The molecule has 2 aromatic carbocycles. The summed E-state index contributed by atoms with van der Waals surface area (Å²) in [4.78, 5) is 12.6. The van der Waals surface area contributed by atoms with Crippen molar-refractivity contribution in [3.63, 3.8) is 0 Å². The standard InChI is InChI=1S/C16H11ClOS/c1-10-5-4-7-12(15(10)17)16(18)13-9-19-14-8-3-2-6-11(13)14/h2-9H,1H3. The molecule has 3 aromatic rings. The van der Waals surface area contributed by atoms with Gasteiger partial charge in [-0.1, -0.05) is 41.9 Å². The number of benzene rings is 2. The molecule has 94 valence electrons. The highest BCUT2D eigenvalue weighted by Crippen LogP contribution is 2.30. The predicted octanol–water partition coefficient (Wildman–Crippen LogP) is 5.09. The zero-order valence-electron chi connectivity index (χ0n) is 10.3. The second-order valence-corrected chi connectivity index (χ2v) is 5.70. The largest absolute Gasteiger partial charge is 0.289 e. The average Bonchev–Trinajstić information content (AvgIpc) is 2.85. The minimum absolute atomic E-state index is 0.00819. The summed E-state index contributed by atoms with van der Waals surface area (Å²) < 4.78 is 1.12. The van der Waals surface area contributed by atoms with Crippen LogP contribution in [-0.4, -0.2) is 5.78 Å². The third kappa shape index (κ3) is 2.07. The number of fused-ring (bicyclic) bond motifs is 1. The molecule has 0 N–H and O–H groups in total. The van der Waals surface area contributed by atoms with E-state index in [4.69, 9.17) is 11.6 Å². The average molecular weight is 287 g/mol. The van der Waals surface area contributed by atoms with Gasteiger partial charge in [0.2, 0.25) is 0 Å². The molecule has 19 heavy (non-hydrogen) atoms. The number of thiophene rings is 1. The van der Waals surface area contributed by atoms with Crippen molar-refractivity contribution in [2.24, 2.45) is 0 Å². The van der Waals surface area contributed by atoms with Crippen molar-refractivity contribution in [2.45, 2.75) is 6.92 Å². The topological polar surface area (TPSA) is 17.1 Å². The Balaban J connectivity index is 2.17. The van der Waals surface area contributed by atoms with Crippen molar-refractivity contribution in [2.75, 3.05) is 0 Å². The van der Waals surface area contributed by atoms with Crippen molar-refractivity contribution in [3.05, 3.63) is 69.6 Å². The lowest BCUT2D eigenvalue weighted by Gasteiger charge is -2.05. The van der Waals surface area contributed by atoms with Crippen LogP contribution in [0.2, 0.25) is 5.02 Å². The van der Waals surface area contributed by atoms with E-state index in [9.17, 15) is 4.79 Å². The molecule has 3 rings (SSSR count). The summed E-state index contributed by atoms with van der Waals surface area (Å²) in [6.07, 6.45) is 0. The fraction of sp³-hybridized carbons (Fsp3) is 0.0625. The second-order valence-electron chi connectivity index (χ2n) is 4.41. The maximum absolute atomic E-state index is 12.6. The number of carbonyl (C=O) groups is 1. The Morgan fingerprint density at radius 3 is 2.68 bits per heavy atom. The van der Waals surface area contributed by atoms with E-state index in [0.717, 1.165) is 21.2 Å². The van der Waals surface area contributed by atoms with Gasteiger partial charge in [0.25, 0.3) is 0 Å². The van der Waals surface area contributed by atoms with Crippen LogP contribution in [0.3, 0.4) is 0 Å². The fourth-order valence-electron chi connectivity index (χ4n) is 2.12. The lowest BCUT2D eigenvalue weighted by atomic mass is 10.0. The van der Waals surface area contributed by atoms with Gasteiger partial charge in [0, 0.05) is 26.6 Å². The molecule has 0 atom stereocenters. The van der Waals surface area contributed by atoms with Crippen molar-refractivity contribution in [1.82, 2.24) is 0 Å². The van der Waals surface area contributed by atoms with E-state index in [1.807, 2.05) is 48.7 Å². The van der Waals surface area contributed by atoms with Crippen LogP contribution >= 0.6 is 22.9 Å². The summed E-state index contributed by atoms with van der Waals surface area (Å²) in [5.74, 6) is -0.00819. The van der Waals surface area contributed by atoms with Gasteiger partial charge in [-0.2, -0.15) is 0 Å². The van der Waals surface area contributed by atoms with Crippen LogP contribution in [0.25, 0.3) is 10.1 Å². The number of hydrogen-bond acceptors (Lipinski definition) is 2. The number of rotatable bonds is 2. The molecule has 0 bridgehead atoms. The van der Waals surface area contributed by atoms with E-state index in [-0.39, 0.29) is 5.78 Å². The first kappa shape index (κ1) is 12.4. The molecular formula is C16H11ClOS. The molecule has 3 heteroatoms. The van der Waals surface area contributed by atoms with Crippen LogP contribution in [0.15, 0.2) is 47.8 Å². The molecule has 0 radical (unpaired) electrons. The van der Waals surface area contributed by atoms with Gasteiger partial charge in [0.15, 0.2) is 5.78 Å². The van der Waals surface area contributed by atoms with Crippen LogP contribution < -0.4 is 0 Å². The highest BCUT2D eigenvalue weighted by molar-refractivity contribution is 7.17. The normalized spacial score (nSPS) is 10.8. The van der Waals surface area contributed by atoms with Crippen LogP contribution in [0.4, 0.5) is 0 Å². The highest BCUT2D eigenvalue weighted by Gasteiger charge is 2.17. The molecule has 0 unspecified atom stereocenters. The van der Waals surface area contributed by atoms with Crippen LogP contribution in [-0.2, 0) is 0 Å². The third-order valence-electron chi connectivity index (χ3n) is 3.16. The van der Waals surface area contributed by atoms with Gasteiger partial charge in [-0.3, -0.25) is 4.79 Å². The van der Waals surface area contributed by atoms with Crippen molar-refractivity contribution in [1.29, 1.82) is 0 Å². The van der Waals surface area contributed by atoms with Crippen molar-refractivity contribution >= 4 is 38.8 Å². The lowest BCUT2D eigenvalue weighted by molar-refractivity contribution is 0.104. The molecule has 0 saturated carbocycles. The second kappa shape index (κ2) is 4.80. The van der Waals surface area contributed by atoms with E-state index in [0.29, 0.717) is 10.6 Å². The summed E-state index contributed by atoms with van der Waals surface area (Å²) in [6.45, 7) is 1.91. The molecule has 0 saturated heterocycles. The fourth-order valence-corrected chi connectivity index (χ4v) is 3.27. The van der Waals surface area contributed by atoms with E-state index >= 15 is 0 Å². The molecule has 0 spiro atoms. The highest BCUT2D eigenvalue weighted by atomic mass is 35.5. The number of halogens is 1. The zero-order valence-corrected chi connectivity index (χ0v) is 11.9. The Labute approximate surface area is 120 Å². The SMILES string of the molecule is Cc1cccc(C(=O)c2csc3ccccc23)c1Cl. The first-order valence-corrected chi connectivity index (χ1v) is 7.20. The molecule has 1 aromatic heterocycles. The minimum atomic E-state index is -0.00819. The van der Waals surface area contributed by atoms with E-state index in [1.54, 1.807) is 17.4 Å². The molecule has 0 aliphatic carbocycles. The van der Waals surface area contributed by atoms with Gasteiger partial charge < -0.3 is 0 Å². The van der Waals surface area contributed by atoms with Gasteiger partial charge in [-0.25, -0.2) is 0 Å². The quantitative estimate of drug-likeness (QED) is 0.599. The van der Waals surface area contributed by atoms with Gasteiger partial charge in [0.05, 0.1) is 5.02 Å². The van der Waals surface area contributed by atoms with Gasteiger partial charge in [-0.05, 0) is 24.6 Å². The molecule has 1 nitrogen and oxygen atoms in total. The number of aryl methyl sites for hydroxylation is 1. The molecule has 0 fully saturated rings. The summed E-state index contributed by atoms with van der Waals surface area (Å²) >= 11 is 7.82. The Kier molecular flexibility index (Phi) is 3.13. The lowest BCUT2D eigenvalue weighted by Crippen LogP contribution is -2.02. The molecule has 0 aliphatic rings. The van der Waals surface area contributed by atoms with E-state index in [2.05, 4.69) is 0 Å². The van der Waals surface area contributed by atoms with Crippen molar-refractivity contribution in [3.8, 4) is 0 Å². The van der Waals surface area contributed by atoms with Crippen LogP contribution in [0.1, 0.15) is 21.5 Å². The maximum atomic E-state index is 12.6. The number of hydrogen-bond donors (Lipinski definition) is 0. The van der Waals surface area contributed by atoms with Crippen molar-refractivity contribution < 1.29 is 4.79 Å². The Bertz CT molecular complexity index is 773. The maximum Gasteiger partial charge on any atom is 0.195 e. The summed E-state index contributed by atoms with van der Waals surface area (Å²) in [6, 6.07) is 13.5. The summed E-state index contributed by atoms with van der Waals surface area (Å²) in [5, 5.41) is 3.45. The number of carbonyl (C=O) groups excluding carboxylic acids is 1. The zero-order chi connectivity index (χ0) is 13.4. The van der Waals surface area contributed by atoms with E-state index < -0.39 is 0 Å². The monoisotopic (exact) mass is 286 g/mol. The van der Waals surface area contributed by atoms with Crippen LogP contribution in [0, 0.1) is 6.92 Å². The number of ketones is 1. The molecule has 0 aliphatic heterocycles. The molecular weight excluding hydrogens is 276 g/mol.